The van der Waals surface area contributed by atoms with E-state index in [2.05, 4.69) is 21.0 Å². The van der Waals surface area contributed by atoms with Crippen molar-refractivity contribution in [2.45, 2.75) is 19.9 Å². The second-order valence-corrected chi connectivity index (χ2v) is 7.38. The van der Waals surface area contributed by atoms with Gasteiger partial charge >= 0.3 is 5.97 Å². The van der Waals surface area contributed by atoms with E-state index in [0.29, 0.717) is 23.1 Å². The SMILES string of the molecule is CCCn1nc(C(=O)Oc2ccc3cc(Br)ccc3c2)c2ccccc2c1=O. The van der Waals surface area contributed by atoms with E-state index >= 15 is 0 Å². The number of ether oxygens (including phenoxy) is 1. The minimum atomic E-state index is -0.586. The number of rotatable bonds is 4. The zero-order chi connectivity index (χ0) is 19.7. The highest BCUT2D eigenvalue weighted by Crippen LogP contribution is 2.25. The molecule has 0 aliphatic rings. The highest BCUT2D eigenvalue weighted by atomic mass is 79.9. The summed E-state index contributed by atoms with van der Waals surface area (Å²) in [6.45, 7) is 2.39. The van der Waals surface area contributed by atoms with Crippen LogP contribution in [0.5, 0.6) is 5.75 Å². The minimum absolute atomic E-state index is 0.138. The number of esters is 1. The van der Waals surface area contributed by atoms with Crippen LogP contribution in [0.15, 0.2) is 69.9 Å². The maximum absolute atomic E-state index is 12.9. The topological polar surface area (TPSA) is 61.2 Å². The van der Waals surface area contributed by atoms with Crippen molar-refractivity contribution < 1.29 is 9.53 Å². The van der Waals surface area contributed by atoms with Crippen molar-refractivity contribution in [3.63, 3.8) is 0 Å². The monoisotopic (exact) mass is 436 g/mol. The standard InChI is InChI=1S/C22H17BrN2O3/c1-2-11-25-21(26)19-6-4-3-5-18(19)20(24-25)22(27)28-17-10-8-14-12-16(23)9-7-15(14)13-17/h3-10,12-13H,2,11H2,1H3. The molecule has 1 aromatic heterocycles. The van der Waals surface area contributed by atoms with E-state index in [1.807, 2.05) is 37.3 Å². The summed E-state index contributed by atoms with van der Waals surface area (Å²) in [6, 6.07) is 18.3. The first kappa shape index (κ1) is 18.4. The van der Waals surface area contributed by atoms with Crippen LogP contribution in [0.2, 0.25) is 0 Å². The van der Waals surface area contributed by atoms with Crippen molar-refractivity contribution in [3.05, 3.63) is 81.2 Å². The molecule has 28 heavy (non-hydrogen) atoms. The second-order valence-electron chi connectivity index (χ2n) is 6.47. The first-order valence-corrected chi connectivity index (χ1v) is 9.77. The van der Waals surface area contributed by atoms with Crippen LogP contribution in [0.25, 0.3) is 21.5 Å². The van der Waals surface area contributed by atoms with Gasteiger partial charge in [0.05, 0.1) is 5.39 Å². The van der Waals surface area contributed by atoms with Gasteiger partial charge in [0.25, 0.3) is 5.56 Å². The number of nitrogens with zero attached hydrogens (tertiary/aromatic N) is 2. The van der Waals surface area contributed by atoms with Crippen LogP contribution in [0.4, 0.5) is 0 Å². The van der Waals surface area contributed by atoms with Gasteiger partial charge in [-0.25, -0.2) is 9.48 Å². The molecule has 0 aliphatic carbocycles. The van der Waals surface area contributed by atoms with Gasteiger partial charge in [-0.05, 0) is 47.5 Å². The molecule has 0 aliphatic heterocycles. The van der Waals surface area contributed by atoms with E-state index in [9.17, 15) is 9.59 Å². The number of carbonyl (C=O) groups is 1. The molecule has 0 N–H and O–H groups in total. The number of benzene rings is 3. The van der Waals surface area contributed by atoms with Gasteiger partial charge in [-0.1, -0.05) is 53.2 Å². The largest absolute Gasteiger partial charge is 0.422 e. The number of carbonyl (C=O) groups excluding carboxylic acids is 1. The third-order valence-electron chi connectivity index (χ3n) is 4.48. The lowest BCUT2D eigenvalue weighted by molar-refractivity contribution is 0.0728. The van der Waals surface area contributed by atoms with Crippen LogP contribution in [0.1, 0.15) is 23.8 Å². The fourth-order valence-corrected chi connectivity index (χ4v) is 3.54. The summed E-state index contributed by atoms with van der Waals surface area (Å²) < 4.78 is 7.91. The van der Waals surface area contributed by atoms with Gasteiger partial charge in [0.2, 0.25) is 0 Å². The van der Waals surface area contributed by atoms with E-state index in [1.54, 1.807) is 30.3 Å². The Morgan fingerprint density at radius 1 is 1.04 bits per heavy atom. The van der Waals surface area contributed by atoms with Gasteiger partial charge in [-0.15, -0.1) is 0 Å². The predicted molar refractivity (Wildman–Crippen MR) is 113 cm³/mol. The zero-order valence-corrected chi connectivity index (χ0v) is 16.8. The average molecular weight is 437 g/mol. The summed E-state index contributed by atoms with van der Waals surface area (Å²) >= 11 is 3.45. The fourth-order valence-electron chi connectivity index (χ4n) is 3.16. The quantitative estimate of drug-likeness (QED) is 0.335. The van der Waals surface area contributed by atoms with Gasteiger partial charge in [-0.2, -0.15) is 5.10 Å². The van der Waals surface area contributed by atoms with Crippen molar-refractivity contribution in [3.8, 4) is 5.75 Å². The smallest absolute Gasteiger partial charge is 0.364 e. The number of aromatic nitrogens is 2. The van der Waals surface area contributed by atoms with Gasteiger partial charge in [-0.3, -0.25) is 4.79 Å². The molecule has 0 radical (unpaired) electrons. The second kappa shape index (κ2) is 7.56. The maximum Gasteiger partial charge on any atom is 0.364 e. The van der Waals surface area contributed by atoms with Crippen molar-refractivity contribution in [1.29, 1.82) is 0 Å². The molecule has 0 amide bonds. The molecule has 140 valence electrons. The molecule has 0 bridgehead atoms. The van der Waals surface area contributed by atoms with Crippen LogP contribution in [-0.4, -0.2) is 15.7 Å². The van der Waals surface area contributed by atoms with E-state index in [0.717, 1.165) is 21.7 Å². The molecular formula is C22H17BrN2O3. The van der Waals surface area contributed by atoms with E-state index in [4.69, 9.17) is 4.74 Å². The molecule has 6 heteroatoms. The Morgan fingerprint density at radius 3 is 2.54 bits per heavy atom. The van der Waals surface area contributed by atoms with Crippen LogP contribution >= 0.6 is 15.9 Å². The highest BCUT2D eigenvalue weighted by molar-refractivity contribution is 9.10. The normalized spacial score (nSPS) is 11.1. The number of fused-ring (bicyclic) bond motifs is 2. The number of aryl methyl sites for hydroxylation is 1. The number of halogens is 1. The number of hydrogen-bond acceptors (Lipinski definition) is 4. The first-order chi connectivity index (χ1) is 13.6. The summed E-state index contributed by atoms with van der Waals surface area (Å²) in [7, 11) is 0. The molecule has 4 rings (SSSR count). The minimum Gasteiger partial charge on any atom is -0.422 e. The first-order valence-electron chi connectivity index (χ1n) is 8.98. The van der Waals surface area contributed by atoms with Crippen molar-refractivity contribution in [1.82, 2.24) is 9.78 Å². The molecule has 0 saturated heterocycles. The van der Waals surface area contributed by atoms with Gasteiger partial charge in [0, 0.05) is 16.4 Å². The maximum atomic E-state index is 12.9. The molecule has 0 spiro atoms. The Bertz CT molecular complexity index is 1260. The Labute approximate surface area is 169 Å². The van der Waals surface area contributed by atoms with E-state index < -0.39 is 5.97 Å². The van der Waals surface area contributed by atoms with Crippen LogP contribution in [0, 0.1) is 0 Å². The molecule has 4 aromatic rings. The average Bonchev–Trinajstić information content (AvgIpc) is 2.70. The fraction of sp³-hybridized carbons (Fsp3) is 0.136. The summed E-state index contributed by atoms with van der Waals surface area (Å²) in [5, 5.41) is 7.23. The third-order valence-corrected chi connectivity index (χ3v) is 4.97. The van der Waals surface area contributed by atoms with Crippen LogP contribution in [0.3, 0.4) is 0 Å². The van der Waals surface area contributed by atoms with E-state index in [-0.39, 0.29) is 11.3 Å². The summed E-state index contributed by atoms with van der Waals surface area (Å²) in [5.74, 6) is -0.156. The van der Waals surface area contributed by atoms with Crippen molar-refractivity contribution in [2.75, 3.05) is 0 Å². The molecule has 0 saturated carbocycles. The summed E-state index contributed by atoms with van der Waals surface area (Å²) in [4.78, 5) is 25.4. The molecule has 0 unspecified atom stereocenters. The van der Waals surface area contributed by atoms with Crippen molar-refractivity contribution in [2.24, 2.45) is 0 Å². The van der Waals surface area contributed by atoms with Crippen molar-refractivity contribution >= 4 is 43.4 Å². The molecule has 1 heterocycles. The lowest BCUT2D eigenvalue weighted by Gasteiger charge is -2.10. The molecule has 0 atom stereocenters. The predicted octanol–water partition coefficient (Wildman–Crippen LogP) is 4.94. The summed E-state index contributed by atoms with van der Waals surface area (Å²) in [5.41, 5.74) is -0.0650. The number of hydrogen-bond donors (Lipinski definition) is 0. The Kier molecular flexibility index (Phi) is 4.96. The van der Waals surface area contributed by atoms with E-state index in [1.165, 1.54) is 4.68 Å². The van der Waals surface area contributed by atoms with Crippen LogP contribution < -0.4 is 10.3 Å². The molecule has 0 fully saturated rings. The Balaban J connectivity index is 1.75. The molecular weight excluding hydrogens is 420 g/mol. The molecule has 5 nitrogen and oxygen atoms in total. The Morgan fingerprint density at radius 2 is 1.75 bits per heavy atom. The highest BCUT2D eigenvalue weighted by Gasteiger charge is 2.18. The lowest BCUT2D eigenvalue weighted by Crippen LogP contribution is -2.27. The van der Waals surface area contributed by atoms with Gasteiger partial charge in [0.1, 0.15) is 5.75 Å². The zero-order valence-electron chi connectivity index (χ0n) is 15.2. The lowest BCUT2D eigenvalue weighted by atomic mass is 10.1. The van der Waals surface area contributed by atoms with Gasteiger partial charge in [0.15, 0.2) is 5.69 Å². The Hall–Kier alpha value is -2.99. The summed E-state index contributed by atoms with van der Waals surface area (Å²) in [6.07, 6.45) is 0.736. The molecule has 3 aromatic carbocycles. The van der Waals surface area contributed by atoms with Gasteiger partial charge < -0.3 is 4.74 Å². The third kappa shape index (κ3) is 3.43. The van der Waals surface area contributed by atoms with Crippen LogP contribution in [-0.2, 0) is 6.54 Å².